The summed E-state index contributed by atoms with van der Waals surface area (Å²) >= 11 is 0. The van der Waals surface area contributed by atoms with E-state index in [1.165, 1.54) is 0 Å². The standard InChI is InChI=1S/C11H23N3O/c1-4-11(6-5-7-12-9-11)13-10(15)8-14(2)3/h12H,4-9H2,1-3H3,(H,13,15). The molecule has 0 aromatic heterocycles. The first-order valence-corrected chi connectivity index (χ1v) is 5.74. The minimum absolute atomic E-state index is 0.00859. The predicted molar refractivity (Wildman–Crippen MR) is 61.8 cm³/mol. The van der Waals surface area contributed by atoms with E-state index in [9.17, 15) is 4.79 Å². The van der Waals surface area contributed by atoms with Crippen LogP contribution in [0.5, 0.6) is 0 Å². The quantitative estimate of drug-likeness (QED) is 0.701. The summed E-state index contributed by atoms with van der Waals surface area (Å²) in [5, 5.41) is 6.53. The van der Waals surface area contributed by atoms with Gasteiger partial charge in [0, 0.05) is 6.54 Å². The Balaban J connectivity index is 2.47. The maximum atomic E-state index is 11.7. The summed E-state index contributed by atoms with van der Waals surface area (Å²) in [5.41, 5.74) is -0.00859. The molecule has 1 atom stereocenters. The molecule has 0 spiro atoms. The van der Waals surface area contributed by atoms with Crippen LogP contribution in [-0.2, 0) is 4.79 Å². The highest BCUT2D eigenvalue weighted by molar-refractivity contribution is 5.78. The number of carbonyl (C=O) groups excluding carboxylic acids is 1. The van der Waals surface area contributed by atoms with Crippen molar-refractivity contribution in [3.8, 4) is 0 Å². The molecule has 1 aliphatic rings. The third kappa shape index (κ3) is 3.80. The zero-order valence-electron chi connectivity index (χ0n) is 10.1. The molecule has 1 fully saturated rings. The first kappa shape index (κ1) is 12.5. The van der Waals surface area contributed by atoms with Crippen molar-refractivity contribution in [2.75, 3.05) is 33.7 Å². The topological polar surface area (TPSA) is 44.4 Å². The van der Waals surface area contributed by atoms with Crippen molar-refractivity contribution < 1.29 is 4.79 Å². The van der Waals surface area contributed by atoms with Crippen molar-refractivity contribution in [1.29, 1.82) is 0 Å². The number of carbonyl (C=O) groups is 1. The first-order valence-electron chi connectivity index (χ1n) is 5.74. The number of nitrogens with one attached hydrogen (secondary N) is 2. The number of likely N-dealkylation sites (N-methyl/N-ethyl adjacent to an activating group) is 1. The van der Waals surface area contributed by atoms with Gasteiger partial charge in [-0.25, -0.2) is 0 Å². The summed E-state index contributed by atoms with van der Waals surface area (Å²) in [6, 6.07) is 0. The van der Waals surface area contributed by atoms with Gasteiger partial charge in [0.25, 0.3) is 0 Å². The molecular formula is C11H23N3O. The van der Waals surface area contributed by atoms with Gasteiger partial charge in [-0.15, -0.1) is 0 Å². The average molecular weight is 213 g/mol. The van der Waals surface area contributed by atoms with Crippen molar-refractivity contribution in [1.82, 2.24) is 15.5 Å². The van der Waals surface area contributed by atoms with Gasteiger partial charge < -0.3 is 15.5 Å². The van der Waals surface area contributed by atoms with Crippen molar-refractivity contribution in [3.63, 3.8) is 0 Å². The number of hydrogen-bond acceptors (Lipinski definition) is 3. The van der Waals surface area contributed by atoms with E-state index in [0.29, 0.717) is 6.54 Å². The lowest BCUT2D eigenvalue weighted by molar-refractivity contribution is -0.124. The van der Waals surface area contributed by atoms with E-state index in [-0.39, 0.29) is 11.4 Å². The van der Waals surface area contributed by atoms with Crippen LogP contribution in [0, 0.1) is 0 Å². The van der Waals surface area contributed by atoms with Gasteiger partial charge in [0.1, 0.15) is 0 Å². The molecule has 0 aliphatic carbocycles. The normalized spacial score (nSPS) is 26.7. The Morgan fingerprint density at radius 3 is 2.73 bits per heavy atom. The van der Waals surface area contributed by atoms with Crippen LogP contribution in [0.25, 0.3) is 0 Å². The van der Waals surface area contributed by atoms with Gasteiger partial charge in [0.2, 0.25) is 5.91 Å². The van der Waals surface area contributed by atoms with Gasteiger partial charge in [-0.3, -0.25) is 4.79 Å². The van der Waals surface area contributed by atoms with Gasteiger partial charge in [-0.2, -0.15) is 0 Å². The minimum atomic E-state index is -0.00859. The second-order valence-corrected chi connectivity index (χ2v) is 4.70. The Bertz CT molecular complexity index is 210. The minimum Gasteiger partial charge on any atom is -0.348 e. The number of piperidine rings is 1. The van der Waals surface area contributed by atoms with E-state index < -0.39 is 0 Å². The molecule has 88 valence electrons. The van der Waals surface area contributed by atoms with Gasteiger partial charge in [0.15, 0.2) is 0 Å². The zero-order chi connectivity index (χ0) is 11.3. The Morgan fingerprint density at radius 2 is 2.27 bits per heavy atom. The van der Waals surface area contributed by atoms with Crippen LogP contribution in [0.4, 0.5) is 0 Å². The van der Waals surface area contributed by atoms with E-state index in [2.05, 4.69) is 17.6 Å². The first-order chi connectivity index (χ1) is 7.08. The molecule has 1 heterocycles. The van der Waals surface area contributed by atoms with Crippen LogP contribution in [0.2, 0.25) is 0 Å². The molecule has 0 radical (unpaired) electrons. The van der Waals surface area contributed by atoms with Crippen molar-refractivity contribution in [2.45, 2.75) is 31.7 Å². The van der Waals surface area contributed by atoms with Crippen LogP contribution in [-0.4, -0.2) is 50.1 Å². The maximum Gasteiger partial charge on any atom is 0.234 e. The zero-order valence-corrected chi connectivity index (χ0v) is 10.1. The molecule has 1 amide bonds. The molecule has 0 aromatic rings. The second kappa shape index (κ2) is 5.47. The van der Waals surface area contributed by atoms with E-state index >= 15 is 0 Å². The molecule has 4 nitrogen and oxygen atoms in total. The molecule has 1 saturated heterocycles. The van der Waals surface area contributed by atoms with Crippen LogP contribution in [0.15, 0.2) is 0 Å². The van der Waals surface area contributed by atoms with Crippen LogP contribution >= 0.6 is 0 Å². The van der Waals surface area contributed by atoms with Crippen molar-refractivity contribution in [2.24, 2.45) is 0 Å². The van der Waals surface area contributed by atoms with Crippen molar-refractivity contribution >= 4 is 5.91 Å². The highest BCUT2D eigenvalue weighted by Gasteiger charge is 2.31. The Labute approximate surface area is 92.4 Å². The molecule has 0 saturated carbocycles. The third-order valence-electron chi connectivity index (χ3n) is 3.01. The Morgan fingerprint density at radius 1 is 1.53 bits per heavy atom. The monoisotopic (exact) mass is 213 g/mol. The van der Waals surface area contributed by atoms with Crippen LogP contribution < -0.4 is 10.6 Å². The summed E-state index contributed by atoms with van der Waals surface area (Å²) in [6.07, 6.45) is 3.24. The van der Waals surface area contributed by atoms with E-state index in [4.69, 9.17) is 0 Å². The SMILES string of the molecule is CCC1(NC(=O)CN(C)C)CCCNC1. The molecular weight excluding hydrogens is 190 g/mol. The summed E-state index contributed by atoms with van der Waals surface area (Å²) in [5.74, 6) is 0.130. The fourth-order valence-corrected chi connectivity index (χ4v) is 2.09. The number of rotatable bonds is 4. The average Bonchev–Trinajstić information content (AvgIpc) is 2.17. The van der Waals surface area contributed by atoms with Gasteiger partial charge in [-0.05, 0) is 39.9 Å². The Kier molecular flexibility index (Phi) is 4.54. The molecule has 0 aromatic carbocycles. The molecule has 1 aliphatic heterocycles. The van der Waals surface area contributed by atoms with E-state index in [1.54, 1.807) is 0 Å². The molecule has 0 bridgehead atoms. The Hall–Kier alpha value is -0.610. The molecule has 1 unspecified atom stereocenters. The van der Waals surface area contributed by atoms with E-state index in [0.717, 1.165) is 32.4 Å². The summed E-state index contributed by atoms with van der Waals surface area (Å²) < 4.78 is 0. The number of nitrogens with zero attached hydrogens (tertiary/aromatic N) is 1. The lowest BCUT2D eigenvalue weighted by Gasteiger charge is -2.38. The smallest absolute Gasteiger partial charge is 0.234 e. The van der Waals surface area contributed by atoms with Crippen molar-refractivity contribution in [3.05, 3.63) is 0 Å². The third-order valence-corrected chi connectivity index (χ3v) is 3.01. The number of hydrogen-bond donors (Lipinski definition) is 2. The lowest BCUT2D eigenvalue weighted by Crippen LogP contribution is -2.58. The molecule has 2 N–H and O–H groups in total. The molecule has 4 heteroatoms. The fraction of sp³-hybridized carbons (Fsp3) is 0.909. The van der Waals surface area contributed by atoms with Gasteiger partial charge in [-0.1, -0.05) is 6.92 Å². The van der Waals surface area contributed by atoms with Gasteiger partial charge >= 0.3 is 0 Å². The van der Waals surface area contributed by atoms with Crippen LogP contribution in [0.1, 0.15) is 26.2 Å². The summed E-state index contributed by atoms with van der Waals surface area (Å²) in [6.45, 7) is 4.60. The van der Waals surface area contributed by atoms with Gasteiger partial charge in [0.05, 0.1) is 12.1 Å². The number of amides is 1. The highest BCUT2D eigenvalue weighted by Crippen LogP contribution is 2.19. The summed E-state index contributed by atoms with van der Waals surface area (Å²) in [7, 11) is 3.83. The molecule has 15 heavy (non-hydrogen) atoms. The van der Waals surface area contributed by atoms with E-state index in [1.807, 2.05) is 19.0 Å². The maximum absolute atomic E-state index is 11.7. The lowest BCUT2D eigenvalue weighted by atomic mass is 9.87. The highest BCUT2D eigenvalue weighted by atomic mass is 16.2. The second-order valence-electron chi connectivity index (χ2n) is 4.70. The molecule has 1 rings (SSSR count). The largest absolute Gasteiger partial charge is 0.348 e. The fourth-order valence-electron chi connectivity index (χ4n) is 2.09. The summed E-state index contributed by atoms with van der Waals surface area (Å²) in [4.78, 5) is 13.6. The predicted octanol–water partition coefficient (Wildman–Crippen LogP) is 0.196. The van der Waals surface area contributed by atoms with Crippen LogP contribution in [0.3, 0.4) is 0 Å².